The molecule has 30 heavy (non-hydrogen) atoms. The molecule has 7 heteroatoms. The number of benzene rings is 1. The Morgan fingerprint density at radius 1 is 1.27 bits per heavy atom. The molecule has 1 aromatic rings. The van der Waals surface area contributed by atoms with E-state index in [9.17, 15) is 4.79 Å². The Morgan fingerprint density at radius 2 is 1.97 bits per heavy atom. The number of amides is 1. The Kier molecular flexibility index (Phi) is 6.46. The van der Waals surface area contributed by atoms with Crippen LogP contribution in [-0.2, 0) is 10.2 Å². The number of hydrogen-bond acceptors (Lipinski definition) is 4. The molecular weight excluding hydrogens is 425 g/mol. The Balaban J connectivity index is 1.83. The topological polar surface area (TPSA) is 56.8 Å². The maximum absolute atomic E-state index is 12.1. The van der Waals surface area contributed by atoms with E-state index in [4.69, 9.17) is 37.4 Å². The van der Waals surface area contributed by atoms with Crippen molar-refractivity contribution in [1.82, 2.24) is 5.32 Å². The highest BCUT2D eigenvalue weighted by atomic mass is 35.5. The van der Waals surface area contributed by atoms with Crippen molar-refractivity contribution >= 4 is 29.3 Å². The van der Waals surface area contributed by atoms with E-state index >= 15 is 0 Å². The lowest BCUT2D eigenvalue weighted by Crippen LogP contribution is -2.38. The molecular formula is C23H33Cl2NO4. The smallest absolute Gasteiger partial charge is 0.407 e. The number of alkyl halides is 2. The molecule has 0 spiro atoms. The average Bonchev–Trinajstić information content (AvgIpc) is 2.97. The molecule has 1 N–H and O–H groups in total. The second kappa shape index (κ2) is 8.31. The Morgan fingerprint density at radius 3 is 2.50 bits per heavy atom. The van der Waals surface area contributed by atoms with Gasteiger partial charge in [0, 0.05) is 17.9 Å². The summed E-state index contributed by atoms with van der Waals surface area (Å²) in [6.07, 6.45) is 2.30. The zero-order valence-electron chi connectivity index (χ0n) is 18.7. The molecule has 2 saturated carbocycles. The van der Waals surface area contributed by atoms with E-state index in [0.717, 1.165) is 24.8 Å². The standard InChI is InChI=1S/C23H33Cl2NO4/c1-14(2)29-17-8-7-15(13-18(17)28-6)22(10-9-16-19(22)23(16,24)25)11-12-26-20(27)30-21(3,4)5/h7-8,13-14,16,19H,9-12H2,1-6H3,(H,26,27)/t16-,19-,22+/m1/s1. The normalized spacial score (nSPS) is 26.8. The van der Waals surface area contributed by atoms with Crippen LogP contribution in [0.3, 0.4) is 0 Å². The van der Waals surface area contributed by atoms with Gasteiger partial charge in [0.25, 0.3) is 0 Å². The van der Waals surface area contributed by atoms with Crippen molar-refractivity contribution in [3.63, 3.8) is 0 Å². The summed E-state index contributed by atoms with van der Waals surface area (Å²) in [5, 5.41) is 2.89. The van der Waals surface area contributed by atoms with Crippen LogP contribution in [-0.4, -0.2) is 35.8 Å². The van der Waals surface area contributed by atoms with Crippen molar-refractivity contribution in [2.24, 2.45) is 11.8 Å². The SMILES string of the molecule is COc1cc([C@@]2(CCNC(=O)OC(C)(C)C)CC[C@@H]3[C@H]2C3(Cl)Cl)ccc1OC(C)C. The summed E-state index contributed by atoms with van der Waals surface area (Å²) in [4.78, 5) is 12.1. The molecule has 0 unspecified atom stereocenters. The van der Waals surface area contributed by atoms with Gasteiger partial charge in [-0.05, 0) is 77.5 Å². The van der Waals surface area contributed by atoms with E-state index in [1.54, 1.807) is 7.11 Å². The van der Waals surface area contributed by atoms with E-state index in [1.165, 1.54) is 0 Å². The Hall–Kier alpha value is -1.33. The van der Waals surface area contributed by atoms with Crippen molar-refractivity contribution in [3.05, 3.63) is 23.8 Å². The summed E-state index contributed by atoms with van der Waals surface area (Å²) in [6, 6.07) is 6.07. The molecule has 0 heterocycles. The van der Waals surface area contributed by atoms with Crippen molar-refractivity contribution in [1.29, 1.82) is 0 Å². The molecule has 2 aliphatic carbocycles. The quantitative estimate of drug-likeness (QED) is 0.521. The van der Waals surface area contributed by atoms with Gasteiger partial charge in [-0.2, -0.15) is 0 Å². The largest absolute Gasteiger partial charge is 0.493 e. The van der Waals surface area contributed by atoms with Crippen LogP contribution in [0, 0.1) is 11.8 Å². The fraction of sp³-hybridized carbons (Fsp3) is 0.696. The summed E-state index contributed by atoms with van der Waals surface area (Å²) in [7, 11) is 1.64. The minimum atomic E-state index is -0.718. The highest BCUT2D eigenvalue weighted by Crippen LogP contribution is 2.74. The number of nitrogens with one attached hydrogen (secondary N) is 1. The summed E-state index contributed by atoms with van der Waals surface area (Å²) in [5.74, 6) is 1.83. The highest BCUT2D eigenvalue weighted by Gasteiger charge is 2.74. The summed E-state index contributed by atoms with van der Waals surface area (Å²) < 4.78 is 16.1. The molecule has 5 nitrogen and oxygen atoms in total. The monoisotopic (exact) mass is 457 g/mol. The number of alkyl carbamates (subject to hydrolysis) is 1. The van der Waals surface area contributed by atoms with Crippen LogP contribution in [0.1, 0.15) is 59.4 Å². The number of halogens is 2. The van der Waals surface area contributed by atoms with E-state index in [2.05, 4.69) is 11.4 Å². The number of hydrogen-bond donors (Lipinski definition) is 1. The van der Waals surface area contributed by atoms with E-state index in [0.29, 0.717) is 18.0 Å². The fourth-order valence-electron chi connectivity index (χ4n) is 4.85. The molecule has 1 amide bonds. The molecule has 2 fully saturated rings. The van der Waals surface area contributed by atoms with Gasteiger partial charge in [0.2, 0.25) is 0 Å². The third-order valence-electron chi connectivity index (χ3n) is 6.04. The molecule has 3 rings (SSSR count). The Bertz CT molecular complexity index is 790. The van der Waals surface area contributed by atoms with Gasteiger partial charge in [0.1, 0.15) is 9.93 Å². The zero-order chi connectivity index (χ0) is 22.3. The second-order valence-electron chi connectivity index (χ2n) is 9.66. The van der Waals surface area contributed by atoms with Crippen LogP contribution >= 0.6 is 23.2 Å². The van der Waals surface area contributed by atoms with Crippen LogP contribution in [0.25, 0.3) is 0 Å². The minimum Gasteiger partial charge on any atom is -0.493 e. The molecule has 0 saturated heterocycles. The molecule has 3 atom stereocenters. The van der Waals surface area contributed by atoms with Gasteiger partial charge < -0.3 is 19.5 Å². The van der Waals surface area contributed by atoms with Crippen LogP contribution in [0.15, 0.2) is 18.2 Å². The number of fused-ring (bicyclic) bond motifs is 1. The molecule has 0 radical (unpaired) electrons. The van der Waals surface area contributed by atoms with E-state index in [1.807, 2.05) is 46.8 Å². The first-order valence-electron chi connectivity index (χ1n) is 10.6. The lowest BCUT2D eigenvalue weighted by Gasteiger charge is -2.34. The van der Waals surface area contributed by atoms with Gasteiger partial charge in [-0.3, -0.25) is 0 Å². The number of methoxy groups -OCH3 is 1. The predicted molar refractivity (Wildman–Crippen MR) is 120 cm³/mol. The molecule has 1 aromatic carbocycles. The van der Waals surface area contributed by atoms with Gasteiger partial charge in [0.15, 0.2) is 11.5 Å². The van der Waals surface area contributed by atoms with Crippen LogP contribution in [0.4, 0.5) is 4.79 Å². The van der Waals surface area contributed by atoms with Gasteiger partial charge in [0.05, 0.1) is 13.2 Å². The van der Waals surface area contributed by atoms with Crippen molar-refractivity contribution in [2.45, 2.75) is 75.3 Å². The lowest BCUT2D eigenvalue weighted by atomic mass is 9.73. The summed E-state index contributed by atoms with van der Waals surface area (Å²) in [5.41, 5.74) is 0.363. The fourth-order valence-corrected chi connectivity index (χ4v) is 5.92. The number of carbonyl (C=O) groups is 1. The molecule has 2 aliphatic rings. The lowest BCUT2D eigenvalue weighted by molar-refractivity contribution is 0.0523. The van der Waals surface area contributed by atoms with Crippen LogP contribution in [0.2, 0.25) is 0 Å². The second-order valence-corrected chi connectivity index (χ2v) is 11.1. The minimum absolute atomic E-state index is 0.0503. The average molecular weight is 458 g/mol. The number of carbonyl (C=O) groups excluding carboxylic acids is 1. The maximum Gasteiger partial charge on any atom is 0.407 e. The first-order chi connectivity index (χ1) is 13.9. The molecule has 0 aliphatic heterocycles. The summed E-state index contributed by atoms with van der Waals surface area (Å²) in [6.45, 7) is 10.00. The first kappa shape index (κ1) is 23.3. The van der Waals surface area contributed by atoms with Crippen molar-refractivity contribution in [2.75, 3.05) is 13.7 Å². The third kappa shape index (κ3) is 4.62. The van der Waals surface area contributed by atoms with Gasteiger partial charge >= 0.3 is 6.09 Å². The number of rotatable bonds is 7. The molecule has 0 bridgehead atoms. The highest BCUT2D eigenvalue weighted by molar-refractivity contribution is 6.51. The number of ether oxygens (including phenoxy) is 3. The van der Waals surface area contributed by atoms with Gasteiger partial charge in [-0.15, -0.1) is 23.2 Å². The van der Waals surface area contributed by atoms with Crippen molar-refractivity contribution < 1.29 is 19.0 Å². The van der Waals surface area contributed by atoms with Crippen LogP contribution < -0.4 is 14.8 Å². The van der Waals surface area contributed by atoms with Gasteiger partial charge in [-0.25, -0.2) is 4.79 Å². The zero-order valence-corrected chi connectivity index (χ0v) is 20.2. The molecule has 0 aromatic heterocycles. The van der Waals surface area contributed by atoms with Crippen molar-refractivity contribution in [3.8, 4) is 11.5 Å². The maximum atomic E-state index is 12.1. The van der Waals surface area contributed by atoms with Crippen LogP contribution in [0.5, 0.6) is 11.5 Å². The van der Waals surface area contributed by atoms with E-state index < -0.39 is 16.0 Å². The predicted octanol–water partition coefficient (Wildman–Crippen LogP) is 5.85. The summed E-state index contributed by atoms with van der Waals surface area (Å²) >= 11 is 13.3. The molecule has 168 valence electrons. The first-order valence-corrected chi connectivity index (χ1v) is 11.4. The van der Waals surface area contributed by atoms with Gasteiger partial charge in [-0.1, -0.05) is 6.07 Å². The third-order valence-corrected chi connectivity index (χ3v) is 7.07. The van der Waals surface area contributed by atoms with E-state index in [-0.39, 0.29) is 23.4 Å². The Labute approximate surface area is 189 Å².